The Balaban J connectivity index is 2.32. The summed E-state index contributed by atoms with van der Waals surface area (Å²) >= 11 is 6.34. The van der Waals surface area contributed by atoms with Crippen LogP contribution in [0.3, 0.4) is 0 Å². The molecule has 1 amide bonds. The number of rotatable bonds is 5. The summed E-state index contributed by atoms with van der Waals surface area (Å²) in [5.74, 6) is -1.87. The van der Waals surface area contributed by atoms with Gasteiger partial charge >= 0.3 is 0 Å². The molecular formula is C15H17N2O3S2-. The van der Waals surface area contributed by atoms with Crippen LogP contribution in [0.2, 0.25) is 0 Å². The van der Waals surface area contributed by atoms with Gasteiger partial charge in [0.05, 0.1) is 16.9 Å². The first-order valence-corrected chi connectivity index (χ1v) is 8.17. The number of aliphatic carboxylic acids is 1. The molecule has 1 saturated heterocycles. The largest absolute Gasteiger partial charge is 0.548 e. The topological polar surface area (TPSA) is 65.4 Å². The minimum Gasteiger partial charge on any atom is -0.548 e. The Hall–Kier alpha value is -1.60. The summed E-state index contributed by atoms with van der Waals surface area (Å²) in [5, 5.41) is 11.4. The van der Waals surface area contributed by atoms with Crippen LogP contribution in [-0.2, 0) is 16.6 Å². The maximum absolute atomic E-state index is 12.5. The number of carboxylic acid groups (broad SMARTS) is 1. The maximum atomic E-state index is 12.5. The van der Waals surface area contributed by atoms with E-state index >= 15 is 0 Å². The van der Waals surface area contributed by atoms with Gasteiger partial charge in [0.15, 0.2) is 0 Å². The quantitative estimate of drug-likeness (QED) is 0.600. The minimum atomic E-state index is -1.27. The van der Waals surface area contributed by atoms with Gasteiger partial charge in [-0.25, -0.2) is 0 Å². The van der Waals surface area contributed by atoms with Gasteiger partial charge in [0.2, 0.25) is 0 Å². The Morgan fingerprint density at radius 3 is 2.73 bits per heavy atom. The SMILES string of the molecule is CC[C@@H](C)[C@H](C(=O)[O-])N1C(=O)/C(=C\c2ccn(C)c2)SC1=S. The van der Waals surface area contributed by atoms with E-state index in [1.54, 1.807) is 13.0 Å². The lowest BCUT2D eigenvalue weighted by Crippen LogP contribution is -2.53. The van der Waals surface area contributed by atoms with E-state index in [1.807, 2.05) is 37.0 Å². The molecule has 0 N–H and O–H groups in total. The van der Waals surface area contributed by atoms with Gasteiger partial charge in [0.1, 0.15) is 4.32 Å². The minimum absolute atomic E-state index is 0.233. The number of nitrogens with zero attached hydrogens (tertiary/aromatic N) is 2. The Kier molecular flexibility index (Phi) is 5.08. The van der Waals surface area contributed by atoms with Crippen molar-refractivity contribution in [3.63, 3.8) is 0 Å². The fourth-order valence-electron chi connectivity index (χ4n) is 2.30. The molecule has 0 aromatic carbocycles. The number of hydrogen-bond acceptors (Lipinski definition) is 5. The Morgan fingerprint density at radius 1 is 1.55 bits per heavy atom. The zero-order valence-corrected chi connectivity index (χ0v) is 14.2. The van der Waals surface area contributed by atoms with E-state index < -0.39 is 12.0 Å². The molecule has 0 radical (unpaired) electrons. The number of carbonyl (C=O) groups excluding carboxylic acids is 2. The first-order chi connectivity index (χ1) is 10.3. The highest BCUT2D eigenvalue weighted by molar-refractivity contribution is 8.26. The number of thiocarbonyl (C=S) groups is 1. The third-order valence-corrected chi connectivity index (χ3v) is 5.01. The highest BCUT2D eigenvalue weighted by atomic mass is 32.2. The molecule has 2 heterocycles. The van der Waals surface area contributed by atoms with Crippen molar-refractivity contribution in [1.29, 1.82) is 0 Å². The maximum Gasteiger partial charge on any atom is 0.266 e. The second-order valence-electron chi connectivity index (χ2n) is 5.31. The molecule has 0 saturated carbocycles. The van der Waals surface area contributed by atoms with Crippen LogP contribution in [0.15, 0.2) is 23.4 Å². The van der Waals surface area contributed by atoms with Gasteiger partial charge < -0.3 is 14.5 Å². The molecule has 7 heteroatoms. The van der Waals surface area contributed by atoms with Crippen molar-refractivity contribution in [3.05, 3.63) is 28.9 Å². The van der Waals surface area contributed by atoms with Crippen LogP contribution in [0.5, 0.6) is 0 Å². The molecule has 0 unspecified atom stereocenters. The number of amides is 1. The van der Waals surface area contributed by atoms with Crippen LogP contribution in [0.25, 0.3) is 6.08 Å². The molecule has 1 aliphatic rings. The molecule has 1 aromatic rings. The molecule has 1 fully saturated rings. The molecule has 0 bridgehead atoms. The van der Waals surface area contributed by atoms with Crippen LogP contribution in [0.4, 0.5) is 0 Å². The molecule has 1 aromatic heterocycles. The molecule has 2 rings (SSSR count). The fraction of sp³-hybridized carbons (Fsp3) is 0.400. The molecule has 2 atom stereocenters. The smallest absolute Gasteiger partial charge is 0.266 e. The van der Waals surface area contributed by atoms with Crippen LogP contribution in [0, 0.1) is 5.92 Å². The number of carbonyl (C=O) groups is 2. The van der Waals surface area contributed by atoms with Crippen molar-refractivity contribution in [3.8, 4) is 0 Å². The normalized spacial score (nSPS) is 19.8. The molecule has 0 aliphatic carbocycles. The van der Waals surface area contributed by atoms with Gasteiger partial charge in [-0.15, -0.1) is 0 Å². The third-order valence-electron chi connectivity index (χ3n) is 3.68. The molecule has 5 nitrogen and oxygen atoms in total. The molecule has 118 valence electrons. The van der Waals surface area contributed by atoms with Gasteiger partial charge in [-0.2, -0.15) is 0 Å². The summed E-state index contributed by atoms with van der Waals surface area (Å²) in [6.07, 6.45) is 6.09. The molecule has 22 heavy (non-hydrogen) atoms. The van der Waals surface area contributed by atoms with E-state index in [2.05, 4.69) is 0 Å². The lowest BCUT2D eigenvalue weighted by Gasteiger charge is -2.32. The van der Waals surface area contributed by atoms with Crippen molar-refractivity contribution >= 4 is 46.3 Å². The van der Waals surface area contributed by atoms with Gasteiger partial charge in [0, 0.05) is 19.4 Å². The van der Waals surface area contributed by atoms with E-state index in [1.165, 1.54) is 4.90 Å². The van der Waals surface area contributed by atoms with E-state index in [9.17, 15) is 14.7 Å². The highest BCUT2D eigenvalue weighted by Gasteiger charge is 2.39. The molecular weight excluding hydrogens is 320 g/mol. The number of hydrogen-bond donors (Lipinski definition) is 0. The first-order valence-electron chi connectivity index (χ1n) is 6.95. The lowest BCUT2D eigenvalue weighted by atomic mass is 9.98. The van der Waals surface area contributed by atoms with Crippen LogP contribution < -0.4 is 5.11 Å². The lowest BCUT2D eigenvalue weighted by molar-refractivity contribution is -0.311. The van der Waals surface area contributed by atoms with Crippen LogP contribution in [-0.4, -0.2) is 31.7 Å². The van der Waals surface area contributed by atoms with Gasteiger partial charge in [-0.1, -0.05) is 44.2 Å². The fourth-order valence-corrected chi connectivity index (χ4v) is 3.63. The number of aromatic nitrogens is 1. The van der Waals surface area contributed by atoms with Crippen molar-refractivity contribution in [2.75, 3.05) is 0 Å². The summed E-state index contributed by atoms with van der Waals surface area (Å²) in [6.45, 7) is 3.65. The number of carboxylic acids is 1. The monoisotopic (exact) mass is 337 g/mol. The average molecular weight is 337 g/mol. The molecule has 1 aliphatic heterocycles. The number of thioether (sulfide) groups is 1. The highest BCUT2D eigenvalue weighted by Crippen LogP contribution is 2.35. The third kappa shape index (κ3) is 3.25. The summed E-state index contributed by atoms with van der Waals surface area (Å²) in [4.78, 5) is 25.6. The van der Waals surface area contributed by atoms with Gasteiger partial charge in [-0.3, -0.25) is 9.69 Å². The summed E-state index contributed by atoms with van der Waals surface area (Å²) in [7, 11) is 1.89. The zero-order valence-electron chi connectivity index (χ0n) is 12.6. The Morgan fingerprint density at radius 2 is 2.23 bits per heavy atom. The van der Waals surface area contributed by atoms with Crippen molar-refractivity contribution < 1.29 is 14.7 Å². The zero-order chi connectivity index (χ0) is 16.4. The van der Waals surface area contributed by atoms with E-state index in [-0.39, 0.29) is 16.1 Å². The standard InChI is InChI=1S/C15H18N2O3S2/c1-4-9(2)12(14(19)20)17-13(18)11(22-15(17)21)7-10-5-6-16(3)8-10/h5-9,12H,4H2,1-3H3,(H,19,20)/p-1/b11-7+/t9-,12-/m1/s1. The second-order valence-corrected chi connectivity index (χ2v) is 6.99. The first kappa shape index (κ1) is 16.8. The van der Waals surface area contributed by atoms with E-state index in [0.717, 1.165) is 17.3 Å². The van der Waals surface area contributed by atoms with Crippen LogP contribution in [0.1, 0.15) is 25.8 Å². The van der Waals surface area contributed by atoms with Crippen LogP contribution >= 0.6 is 24.0 Å². The summed E-state index contributed by atoms with van der Waals surface area (Å²) < 4.78 is 2.14. The Labute approximate surface area is 139 Å². The van der Waals surface area contributed by atoms with Crippen molar-refractivity contribution in [2.45, 2.75) is 26.3 Å². The van der Waals surface area contributed by atoms with E-state index in [0.29, 0.717) is 11.3 Å². The Bertz CT molecular complexity index is 651. The second kappa shape index (κ2) is 6.66. The average Bonchev–Trinajstić information content (AvgIpc) is 2.97. The predicted octanol–water partition coefficient (Wildman–Crippen LogP) is 1.39. The van der Waals surface area contributed by atoms with Gasteiger partial charge in [-0.05, 0) is 23.6 Å². The van der Waals surface area contributed by atoms with Crippen molar-refractivity contribution in [1.82, 2.24) is 9.47 Å². The van der Waals surface area contributed by atoms with Gasteiger partial charge in [0.25, 0.3) is 5.91 Å². The predicted molar refractivity (Wildman–Crippen MR) is 88.7 cm³/mol. The molecule has 0 spiro atoms. The van der Waals surface area contributed by atoms with Crippen molar-refractivity contribution in [2.24, 2.45) is 13.0 Å². The number of aryl methyl sites for hydroxylation is 1. The summed E-state index contributed by atoms with van der Waals surface area (Å²) in [5.41, 5.74) is 0.872. The summed E-state index contributed by atoms with van der Waals surface area (Å²) in [6, 6.07) is 0.844. The van der Waals surface area contributed by atoms with E-state index in [4.69, 9.17) is 12.2 Å².